The smallest absolute Gasteiger partial charge is 0.303 e. The van der Waals surface area contributed by atoms with Crippen LogP contribution in [0.4, 0.5) is 0 Å². The first-order chi connectivity index (χ1) is 11.8. The lowest BCUT2D eigenvalue weighted by atomic mass is 9.95. The Labute approximate surface area is 190 Å². The Morgan fingerprint density at radius 2 is 1.58 bits per heavy atom. The van der Waals surface area contributed by atoms with E-state index in [9.17, 15) is 0 Å². The molecule has 2 nitrogen and oxygen atoms in total. The minimum absolute atomic E-state index is 0. The molecule has 7 heteroatoms. The maximum atomic E-state index is 5.64. The highest BCUT2D eigenvalue weighted by Crippen LogP contribution is 2.33. The summed E-state index contributed by atoms with van der Waals surface area (Å²) in [4.78, 5) is 0. The van der Waals surface area contributed by atoms with Crippen molar-refractivity contribution in [3.63, 3.8) is 0 Å². The summed E-state index contributed by atoms with van der Waals surface area (Å²) in [6, 6.07) is 0. The lowest BCUT2D eigenvalue weighted by Crippen LogP contribution is -3.00. The second-order valence-corrected chi connectivity index (χ2v) is 9.77. The van der Waals surface area contributed by atoms with Crippen molar-refractivity contribution in [3.8, 4) is 11.4 Å². The zero-order valence-corrected chi connectivity index (χ0v) is 21.5. The van der Waals surface area contributed by atoms with Crippen LogP contribution < -0.4 is 28.5 Å². The molecule has 0 spiro atoms. The average molecular weight is 535 g/mol. The van der Waals surface area contributed by atoms with Crippen LogP contribution in [0.2, 0.25) is 0 Å². The standard InChI is InChI=1S/C19H23N2S4.HI/c1-10-8-24-18(22)20(10)16-13(4)12(3)14(5)17(15(16)6)21-11(2)9-25-19(21)23-7;/h8-9H,1-7H3;1H/q+1;/p-1. The van der Waals surface area contributed by atoms with Crippen molar-refractivity contribution in [2.75, 3.05) is 6.26 Å². The van der Waals surface area contributed by atoms with Gasteiger partial charge in [-0.25, -0.2) is 0 Å². The Balaban J connectivity index is 0.00000243. The van der Waals surface area contributed by atoms with Gasteiger partial charge in [0.05, 0.1) is 11.1 Å². The number of nitrogens with zero attached hydrogens (tertiary/aromatic N) is 2. The Hall–Kier alpha value is -0.220. The maximum absolute atomic E-state index is 5.64. The van der Waals surface area contributed by atoms with Gasteiger partial charge >= 0.3 is 4.34 Å². The van der Waals surface area contributed by atoms with Gasteiger partial charge in [0.15, 0.2) is 9.65 Å². The van der Waals surface area contributed by atoms with E-state index < -0.39 is 0 Å². The van der Waals surface area contributed by atoms with Crippen molar-refractivity contribution in [2.45, 2.75) is 45.9 Å². The van der Waals surface area contributed by atoms with Crippen LogP contribution in [-0.4, -0.2) is 10.8 Å². The van der Waals surface area contributed by atoms with Crippen LogP contribution in [0.3, 0.4) is 0 Å². The molecule has 0 aliphatic heterocycles. The van der Waals surface area contributed by atoms with E-state index in [-0.39, 0.29) is 24.0 Å². The van der Waals surface area contributed by atoms with Gasteiger partial charge in [0.25, 0.3) is 0 Å². The van der Waals surface area contributed by atoms with Gasteiger partial charge in [-0.3, -0.25) is 4.57 Å². The van der Waals surface area contributed by atoms with Crippen LogP contribution in [0.5, 0.6) is 0 Å². The maximum Gasteiger partial charge on any atom is 0.303 e. The molecule has 0 radical (unpaired) electrons. The average Bonchev–Trinajstić information content (AvgIpc) is 3.10. The Kier molecular flexibility index (Phi) is 7.15. The molecule has 0 unspecified atom stereocenters. The summed E-state index contributed by atoms with van der Waals surface area (Å²) in [5.74, 6) is 0. The molecule has 3 rings (SSSR count). The monoisotopic (exact) mass is 534 g/mol. The second-order valence-electron chi connectivity index (χ2n) is 6.36. The number of hydrogen-bond donors (Lipinski definition) is 0. The zero-order valence-electron chi connectivity index (χ0n) is 16.1. The summed E-state index contributed by atoms with van der Waals surface area (Å²) in [5.41, 5.74) is 10.3. The van der Waals surface area contributed by atoms with Gasteiger partial charge in [-0.2, -0.15) is 0 Å². The SMILES string of the molecule is CSc1scc(C)[n+]1-c1c(C)c(C)c(C)c(-n2c(C)csc2=S)c1C.[I-]. The number of hydrogen-bond acceptors (Lipinski definition) is 4. The molecule has 0 fully saturated rings. The van der Waals surface area contributed by atoms with Gasteiger partial charge in [0.2, 0.25) is 5.69 Å². The van der Waals surface area contributed by atoms with Crippen LogP contribution in [0.1, 0.15) is 33.6 Å². The number of aromatic nitrogens is 2. The van der Waals surface area contributed by atoms with Crippen LogP contribution in [0.15, 0.2) is 15.1 Å². The lowest BCUT2D eigenvalue weighted by Gasteiger charge is -2.19. The summed E-state index contributed by atoms with van der Waals surface area (Å²) in [7, 11) is 0. The van der Waals surface area contributed by atoms with Gasteiger partial charge in [-0.1, -0.05) is 11.3 Å². The number of rotatable bonds is 3. The molecule has 0 amide bonds. The minimum Gasteiger partial charge on any atom is -1.00 e. The van der Waals surface area contributed by atoms with Gasteiger partial charge in [0, 0.05) is 29.1 Å². The highest BCUT2D eigenvalue weighted by Gasteiger charge is 2.28. The van der Waals surface area contributed by atoms with Crippen LogP contribution in [0, 0.1) is 45.5 Å². The normalized spacial score (nSPS) is 10.9. The second kappa shape index (κ2) is 8.43. The molecular formula is C19H23IN2S4. The van der Waals surface area contributed by atoms with Crippen molar-refractivity contribution < 1.29 is 28.5 Å². The molecule has 0 aliphatic rings. The first-order valence-corrected chi connectivity index (χ1v) is 11.5. The number of aryl methyl sites for hydroxylation is 2. The molecule has 0 saturated heterocycles. The topological polar surface area (TPSA) is 8.81 Å². The van der Waals surface area contributed by atoms with Gasteiger partial charge < -0.3 is 24.0 Å². The molecule has 3 aromatic rings. The van der Waals surface area contributed by atoms with E-state index in [1.54, 1.807) is 23.1 Å². The predicted molar refractivity (Wildman–Crippen MR) is 114 cm³/mol. The summed E-state index contributed by atoms with van der Waals surface area (Å²) in [6.45, 7) is 13.2. The van der Waals surface area contributed by atoms with Crippen molar-refractivity contribution in [3.05, 3.63) is 48.4 Å². The summed E-state index contributed by atoms with van der Waals surface area (Å²) < 4.78 is 6.86. The molecule has 0 saturated carbocycles. The van der Waals surface area contributed by atoms with Crippen LogP contribution in [0.25, 0.3) is 11.4 Å². The van der Waals surface area contributed by atoms with Crippen molar-refractivity contribution in [1.29, 1.82) is 0 Å². The molecule has 0 N–H and O–H groups in total. The molecule has 0 bridgehead atoms. The fourth-order valence-electron chi connectivity index (χ4n) is 3.43. The molecule has 2 aromatic heterocycles. The highest BCUT2D eigenvalue weighted by molar-refractivity contribution is 8.00. The molecule has 0 atom stereocenters. The molecule has 0 aliphatic carbocycles. The summed E-state index contributed by atoms with van der Waals surface area (Å²) in [5, 5.41) is 4.38. The summed E-state index contributed by atoms with van der Waals surface area (Å²) in [6.07, 6.45) is 2.15. The third kappa shape index (κ3) is 3.45. The van der Waals surface area contributed by atoms with Crippen LogP contribution in [-0.2, 0) is 0 Å². The number of halogens is 1. The largest absolute Gasteiger partial charge is 1.00 e. The van der Waals surface area contributed by atoms with Gasteiger partial charge in [-0.05, 0) is 76.0 Å². The summed E-state index contributed by atoms with van der Waals surface area (Å²) >= 11 is 10.9. The lowest BCUT2D eigenvalue weighted by molar-refractivity contribution is -0.635. The van der Waals surface area contributed by atoms with E-state index in [1.807, 2.05) is 11.3 Å². The van der Waals surface area contributed by atoms with E-state index in [0.717, 1.165) is 3.95 Å². The van der Waals surface area contributed by atoms with E-state index in [2.05, 4.69) is 67.7 Å². The number of benzene rings is 1. The van der Waals surface area contributed by atoms with E-state index in [1.165, 1.54) is 49.4 Å². The Morgan fingerprint density at radius 3 is 2.12 bits per heavy atom. The van der Waals surface area contributed by atoms with E-state index in [0.29, 0.717) is 0 Å². The Morgan fingerprint density at radius 1 is 0.923 bits per heavy atom. The molecular weight excluding hydrogens is 511 g/mol. The Bertz CT molecular complexity index is 1030. The van der Waals surface area contributed by atoms with Crippen molar-refractivity contribution in [2.24, 2.45) is 0 Å². The fourth-order valence-corrected chi connectivity index (χ4v) is 6.19. The third-order valence-corrected chi connectivity index (χ3v) is 8.38. The first kappa shape index (κ1) is 22.1. The quantitative estimate of drug-likeness (QED) is 0.221. The predicted octanol–water partition coefficient (Wildman–Crippen LogP) is 3.18. The molecule has 26 heavy (non-hydrogen) atoms. The fraction of sp³-hybridized carbons (Fsp3) is 0.368. The zero-order chi connectivity index (χ0) is 18.5. The van der Waals surface area contributed by atoms with Gasteiger partial charge in [-0.15, -0.1) is 15.9 Å². The molecule has 140 valence electrons. The van der Waals surface area contributed by atoms with Crippen molar-refractivity contribution >= 4 is 46.7 Å². The van der Waals surface area contributed by atoms with Crippen LogP contribution >= 0.6 is 46.7 Å². The number of thioether (sulfide) groups is 1. The molecule has 1 aromatic carbocycles. The first-order valence-electron chi connectivity index (χ1n) is 8.12. The third-order valence-electron chi connectivity index (χ3n) is 4.90. The van der Waals surface area contributed by atoms with E-state index in [4.69, 9.17) is 12.2 Å². The highest BCUT2D eigenvalue weighted by atomic mass is 127. The number of thiazole rings is 2. The minimum atomic E-state index is 0. The molecule has 2 heterocycles. The van der Waals surface area contributed by atoms with E-state index >= 15 is 0 Å². The van der Waals surface area contributed by atoms with Crippen molar-refractivity contribution in [1.82, 2.24) is 4.57 Å². The van der Waals surface area contributed by atoms with Gasteiger partial charge in [0.1, 0.15) is 0 Å².